The summed E-state index contributed by atoms with van der Waals surface area (Å²) in [4.78, 5) is 1.34. The Morgan fingerprint density at radius 1 is 1.29 bits per heavy atom. The fraction of sp³-hybridized carbons (Fsp3) is 0.182. The minimum absolute atomic E-state index is 1.11. The molecule has 0 radical (unpaired) electrons. The normalized spacial score (nSPS) is 11.6. The highest BCUT2D eigenvalue weighted by Gasteiger charge is 2.07. The first-order valence-corrected chi connectivity index (χ1v) is 5.41. The third kappa shape index (κ3) is 0.930. The average molecular weight is 202 g/mol. The van der Waals surface area contributed by atoms with E-state index < -0.39 is 0 Å². The zero-order valence-electron chi connectivity index (χ0n) is 8.09. The van der Waals surface area contributed by atoms with Crippen molar-refractivity contribution in [1.29, 1.82) is 0 Å². The molecule has 1 aromatic carbocycles. The van der Waals surface area contributed by atoms with E-state index in [9.17, 15) is 0 Å². The highest BCUT2D eigenvalue weighted by molar-refractivity contribution is 7.19. The zero-order chi connectivity index (χ0) is 9.71. The Kier molecular flexibility index (Phi) is 1.47. The topological polar surface area (TPSA) is 28.7 Å². The number of rotatable bonds is 0. The van der Waals surface area contributed by atoms with Crippen molar-refractivity contribution in [3.8, 4) is 0 Å². The predicted molar refractivity (Wildman–Crippen MR) is 61.0 cm³/mol. The summed E-state index contributed by atoms with van der Waals surface area (Å²) in [5, 5.41) is 9.91. The summed E-state index contributed by atoms with van der Waals surface area (Å²) < 4.78 is 1.30. The Hall–Kier alpha value is -1.35. The van der Waals surface area contributed by atoms with E-state index in [4.69, 9.17) is 0 Å². The highest BCUT2D eigenvalue weighted by Crippen LogP contribution is 2.31. The largest absolute Gasteiger partial charge is 0.282 e. The molecule has 0 atom stereocenters. The monoisotopic (exact) mass is 202 g/mol. The van der Waals surface area contributed by atoms with Crippen LogP contribution in [0.4, 0.5) is 0 Å². The number of hydrogen-bond acceptors (Lipinski definition) is 2. The second-order valence-corrected chi connectivity index (χ2v) is 4.84. The van der Waals surface area contributed by atoms with Crippen LogP contribution in [-0.4, -0.2) is 10.2 Å². The number of aromatic nitrogens is 2. The molecule has 3 rings (SSSR count). The Morgan fingerprint density at radius 3 is 3.00 bits per heavy atom. The van der Waals surface area contributed by atoms with Gasteiger partial charge in [-0.25, -0.2) is 0 Å². The predicted octanol–water partition coefficient (Wildman–Crippen LogP) is 3.39. The van der Waals surface area contributed by atoms with Crippen LogP contribution in [-0.2, 0) is 0 Å². The molecule has 0 aliphatic heterocycles. The summed E-state index contributed by atoms with van der Waals surface area (Å²) in [6.07, 6.45) is 0. The van der Waals surface area contributed by atoms with Gasteiger partial charge in [0.2, 0.25) is 0 Å². The van der Waals surface area contributed by atoms with Crippen molar-refractivity contribution in [2.75, 3.05) is 0 Å². The summed E-state index contributed by atoms with van der Waals surface area (Å²) >= 11 is 1.81. The van der Waals surface area contributed by atoms with Gasteiger partial charge >= 0.3 is 0 Å². The van der Waals surface area contributed by atoms with Crippen molar-refractivity contribution in [2.24, 2.45) is 0 Å². The van der Waals surface area contributed by atoms with Crippen molar-refractivity contribution in [1.82, 2.24) is 10.2 Å². The van der Waals surface area contributed by atoms with Crippen molar-refractivity contribution in [3.05, 3.63) is 28.8 Å². The number of benzene rings is 1. The number of aryl methyl sites for hydroxylation is 2. The zero-order valence-corrected chi connectivity index (χ0v) is 8.90. The van der Waals surface area contributed by atoms with E-state index in [2.05, 4.69) is 42.2 Å². The second kappa shape index (κ2) is 2.58. The Morgan fingerprint density at radius 2 is 2.14 bits per heavy atom. The minimum atomic E-state index is 1.11. The molecule has 2 nitrogen and oxygen atoms in total. The summed E-state index contributed by atoms with van der Waals surface area (Å²) in [5.41, 5.74) is 2.26. The lowest BCUT2D eigenvalue weighted by Gasteiger charge is -1.90. The Labute approximate surface area is 85.6 Å². The van der Waals surface area contributed by atoms with Crippen LogP contribution in [0.2, 0.25) is 0 Å². The van der Waals surface area contributed by atoms with Gasteiger partial charge in [-0.05, 0) is 25.3 Å². The van der Waals surface area contributed by atoms with E-state index in [-0.39, 0.29) is 0 Å². The maximum Gasteiger partial charge on any atom is 0.110 e. The van der Waals surface area contributed by atoms with Crippen LogP contribution >= 0.6 is 11.3 Å². The molecule has 0 saturated heterocycles. The maximum atomic E-state index is 4.35. The van der Waals surface area contributed by atoms with Gasteiger partial charge in [-0.2, -0.15) is 5.10 Å². The van der Waals surface area contributed by atoms with Gasteiger partial charge in [0.15, 0.2) is 0 Å². The molecule has 1 N–H and O–H groups in total. The molecule has 0 aliphatic carbocycles. The fourth-order valence-corrected chi connectivity index (χ4v) is 2.84. The summed E-state index contributed by atoms with van der Waals surface area (Å²) in [5.74, 6) is 0. The molecule has 0 spiro atoms. The molecule has 0 fully saturated rings. The number of hydrogen-bond donors (Lipinski definition) is 1. The molecule has 0 bridgehead atoms. The lowest BCUT2D eigenvalue weighted by Crippen LogP contribution is -1.68. The SMILES string of the molecule is Cc1cc2ccc3c(C)[nH]nc3c2s1. The fourth-order valence-electron chi connectivity index (χ4n) is 1.83. The van der Waals surface area contributed by atoms with Gasteiger partial charge in [0.25, 0.3) is 0 Å². The molecule has 70 valence electrons. The van der Waals surface area contributed by atoms with Gasteiger partial charge in [0.05, 0.1) is 4.70 Å². The van der Waals surface area contributed by atoms with Crippen LogP contribution in [0.5, 0.6) is 0 Å². The van der Waals surface area contributed by atoms with Crippen LogP contribution in [0.25, 0.3) is 21.0 Å². The number of thiophene rings is 1. The van der Waals surface area contributed by atoms with E-state index in [1.807, 2.05) is 11.3 Å². The number of aromatic amines is 1. The van der Waals surface area contributed by atoms with Gasteiger partial charge in [0.1, 0.15) is 5.52 Å². The average Bonchev–Trinajstić information content (AvgIpc) is 2.68. The number of fused-ring (bicyclic) bond motifs is 3. The van der Waals surface area contributed by atoms with Gasteiger partial charge in [0, 0.05) is 16.0 Å². The summed E-state index contributed by atoms with van der Waals surface area (Å²) in [6.45, 7) is 4.19. The van der Waals surface area contributed by atoms with E-state index in [0.717, 1.165) is 11.2 Å². The van der Waals surface area contributed by atoms with Crippen molar-refractivity contribution in [3.63, 3.8) is 0 Å². The quantitative estimate of drug-likeness (QED) is 0.594. The second-order valence-electron chi connectivity index (χ2n) is 3.59. The van der Waals surface area contributed by atoms with E-state index in [1.54, 1.807) is 0 Å². The number of nitrogens with zero attached hydrogens (tertiary/aromatic N) is 1. The summed E-state index contributed by atoms with van der Waals surface area (Å²) in [6, 6.07) is 6.52. The van der Waals surface area contributed by atoms with Crippen LogP contribution in [0, 0.1) is 13.8 Å². The molecule has 14 heavy (non-hydrogen) atoms. The van der Waals surface area contributed by atoms with E-state index in [1.165, 1.54) is 20.3 Å². The Balaban J connectivity index is 2.60. The van der Waals surface area contributed by atoms with E-state index in [0.29, 0.717) is 0 Å². The molecule has 3 aromatic rings. The van der Waals surface area contributed by atoms with Crippen molar-refractivity contribution < 1.29 is 0 Å². The van der Waals surface area contributed by atoms with Gasteiger partial charge in [-0.3, -0.25) is 5.10 Å². The van der Waals surface area contributed by atoms with Gasteiger partial charge in [-0.15, -0.1) is 11.3 Å². The molecule has 2 heterocycles. The number of nitrogens with one attached hydrogen (secondary N) is 1. The van der Waals surface area contributed by atoms with Crippen molar-refractivity contribution in [2.45, 2.75) is 13.8 Å². The van der Waals surface area contributed by atoms with Crippen LogP contribution in [0.3, 0.4) is 0 Å². The smallest absolute Gasteiger partial charge is 0.110 e. The lowest BCUT2D eigenvalue weighted by atomic mass is 10.2. The molecule has 0 amide bonds. The minimum Gasteiger partial charge on any atom is -0.282 e. The first-order valence-electron chi connectivity index (χ1n) is 4.59. The lowest BCUT2D eigenvalue weighted by molar-refractivity contribution is 1.07. The molecule has 0 unspecified atom stereocenters. The molecule has 2 aromatic heterocycles. The van der Waals surface area contributed by atoms with E-state index >= 15 is 0 Å². The first-order chi connectivity index (χ1) is 6.75. The molecule has 3 heteroatoms. The van der Waals surface area contributed by atoms with Gasteiger partial charge in [-0.1, -0.05) is 12.1 Å². The highest BCUT2D eigenvalue weighted by atomic mass is 32.1. The molecule has 0 aliphatic rings. The van der Waals surface area contributed by atoms with Crippen molar-refractivity contribution >= 4 is 32.3 Å². The van der Waals surface area contributed by atoms with Crippen LogP contribution in [0.1, 0.15) is 10.6 Å². The maximum absolute atomic E-state index is 4.35. The number of H-pyrrole nitrogens is 1. The Bertz CT molecular complexity index is 619. The standard InChI is InChI=1S/C11H10N2S/c1-6-5-8-3-4-9-7(2)12-13-10(9)11(8)14-6/h3-5H,1-2H3,(H,12,13). The first kappa shape index (κ1) is 8.00. The van der Waals surface area contributed by atoms with Gasteiger partial charge < -0.3 is 0 Å². The molecule has 0 saturated carbocycles. The van der Waals surface area contributed by atoms with Crippen LogP contribution in [0.15, 0.2) is 18.2 Å². The third-order valence-electron chi connectivity index (χ3n) is 2.52. The third-order valence-corrected chi connectivity index (χ3v) is 3.60. The molecular formula is C11H10N2S. The molecular weight excluding hydrogens is 192 g/mol. The summed E-state index contributed by atoms with van der Waals surface area (Å²) in [7, 11) is 0. The van der Waals surface area contributed by atoms with Crippen LogP contribution < -0.4 is 0 Å².